The molecule has 1 atom stereocenters. The summed E-state index contributed by atoms with van der Waals surface area (Å²) in [4.78, 5) is 20.4. The van der Waals surface area contributed by atoms with Gasteiger partial charge in [-0.05, 0) is 30.3 Å². The number of rotatable bonds is 17. The molecule has 0 saturated carbocycles. The van der Waals surface area contributed by atoms with Gasteiger partial charge in [0.05, 0.1) is 30.4 Å². The maximum absolute atomic E-state index is 12.5. The van der Waals surface area contributed by atoms with E-state index >= 15 is 0 Å². The number of H-pyrrole nitrogens is 1. The molecule has 0 radical (unpaired) electrons. The molecule has 12 heteroatoms. The monoisotopic (exact) mass is 571 g/mol. The number of esters is 1. The zero-order valence-electron chi connectivity index (χ0n) is 22.1. The number of methoxy groups -OCH3 is 1. The molecule has 1 unspecified atom stereocenters. The van der Waals surface area contributed by atoms with Crippen molar-refractivity contribution in [2.24, 2.45) is 0 Å². The molecule has 4 aromatic rings. The number of benzene rings is 3. The Bertz CT molecular complexity index is 1370. The number of aromatic nitrogens is 1. The highest BCUT2D eigenvalue weighted by atomic mass is 32.2. The second-order valence-corrected chi connectivity index (χ2v) is 9.72. The lowest BCUT2D eigenvalue weighted by molar-refractivity contribution is -0.490. The van der Waals surface area contributed by atoms with E-state index in [4.69, 9.17) is 29.4 Å². The third-order valence-corrected chi connectivity index (χ3v) is 6.74. The second kappa shape index (κ2) is 15.3. The standard InChI is InChI=1S/C28H33N3O8S/c1-35-24-10-4-5-11-25(24)36-14-13-29-17-20(39-27(32)19-40-16-15-38-31(33)34)18-37-26-12-6-9-23-28(26)21-7-2-3-8-22(21)30-23/h2-12,20,29-30,33-34H,13-19H2,1H3. The van der Waals surface area contributed by atoms with E-state index in [0.29, 0.717) is 42.7 Å². The minimum atomic E-state index is -0.568. The van der Waals surface area contributed by atoms with Crippen molar-refractivity contribution in [2.75, 3.05) is 51.5 Å². The van der Waals surface area contributed by atoms with Crippen LogP contribution in [0.15, 0.2) is 66.7 Å². The summed E-state index contributed by atoms with van der Waals surface area (Å²) in [7, 11) is 1.59. The Kier molecular flexibility index (Phi) is 11.3. The molecule has 0 amide bonds. The van der Waals surface area contributed by atoms with Crippen LogP contribution < -0.4 is 19.5 Å². The SMILES string of the molecule is COc1ccccc1OCCNCC(COc1cccc2[nH]c3ccccc3c12)OC(=O)CSCCON(O)O. The quantitative estimate of drug-likeness (QED) is 0.0831. The first-order valence-electron chi connectivity index (χ1n) is 12.7. The highest BCUT2D eigenvalue weighted by Crippen LogP contribution is 2.33. The zero-order valence-corrected chi connectivity index (χ0v) is 22.9. The van der Waals surface area contributed by atoms with E-state index < -0.39 is 12.1 Å². The van der Waals surface area contributed by atoms with Crippen molar-refractivity contribution in [1.82, 2.24) is 15.7 Å². The maximum Gasteiger partial charge on any atom is 0.316 e. The Labute approximate surface area is 235 Å². The number of hydrogen-bond donors (Lipinski definition) is 4. The first-order chi connectivity index (χ1) is 19.5. The molecule has 0 aliphatic heterocycles. The number of nitrogens with one attached hydrogen (secondary N) is 2. The average molecular weight is 572 g/mol. The number of ether oxygens (including phenoxy) is 4. The van der Waals surface area contributed by atoms with Crippen LogP contribution in [0.2, 0.25) is 0 Å². The van der Waals surface area contributed by atoms with Crippen molar-refractivity contribution >= 4 is 39.5 Å². The first-order valence-corrected chi connectivity index (χ1v) is 13.9. The summed E-state index contributed by atoms with van der Waals surface area (Å²) in [5.41, 5.74) is 1.97. The molecule has 4 N–H and O–H groups in total. The normalized spacial score (nSPS) is 12.1. The summed E-state index contributed by atoms with van der Waals surface area (Å²) in [5.74, 6) is 2.03. The van der Waals surface area contributed by atoms with Crippen LogP contribution >= 0.6 is 11.8 Å². The van der Waals surface area contributed by atoms with E-state index in [1.807, 2.05) is 66.7 Å². The Morgan fingerprint density at radius 2 is 1.70 bits per heavy atom. The number of thioether (sulfide) groups is 1. The topological polar surface area (TPSA) is 135 Å². The van der Waals surface area contributed by atoms with Crippen LogP contribution in [0.5, 0.6) is 17.2 Å². The van der Waals surface area contributed by atoms with Crippen molar-refractivity contribution in [2.45, 2.75) is 6.10 Å². The average Bonchev–Trinajstić information content (AvgIpc) is 3.35. The fraction of sp³-hybridized carbons (Fsp3) is 0.321. The van der Waals surface area contributed by atoms with Gasteiger partial charge >= 0.3 is 5.97 Å². The van der Waals surface area contributed by atoms with Crippen molar-refractivity contribution in [3.63, 3.8) is 0 Å². The highest BCUT2D eigenvalue weighted by molar-refractivity contribution is 7.99. The highest BCUT2D eigenvalue weighted by Gasteiger charge is 2.17. The number of carbonyl (C=O) groups is 1. The largest absolute Gasteiger partial charge is 0.493 e. The van der Waals surface area contributed by atoms with Gasteiger partial charge in [-0.1, -0.05) is 36.4 Å². The second-order valence-electron chi connectivity index (χ2n) is 8.61. The van der Waals surface area contributed by atoms with Crippen LogP contribution in [-0.4, -0.2) is 84.4 Å². The Hall–Kier alpha value is -3.52. The molecule has 0 saturated heterocycles. The zero-order chi connectivity index (χ0) is 28.2. The van der Waals surface area contributed by atoms with E-state index in [9.17, 15) is 4.79 Å². The van der Waals surface area contributed by atoms with Gasteiger partial charge in [0, 0.05) is 35.1 Å². The summed E-state index contributed by atoms with van der Waals surface area (Å²) < 4.78 is 23.0. The van der Waals surface area contributed by atoms with Crippen molar-refractivity contribution in [1.29, 1.82) is 0 Å². The van der Waals surface area contributed by atoms with Gasteiger partial charge < -0.3 is 29.2 Å². The summed E-state index contributed by atoms with van der Waals surface area (Å²) in [6.45, 7) is 1.42. The van der Waals surface area contributed by atoms with Crippen LogP contribution in [0.4, 0.5) is 0 Å². The number of aromatic amines is 1. The van der Waals surface area contributed by atoms with Gasteiger partial charge in [0.2, 0.25) is 0 Å². The molecule has 0 bridgehead atoms. The molecule has 11 nitrogen and oxygen atoms in total. The van der Waals surface area contributed by atoms with Gasteiger partial charge in [-0.15, -0.1) is 11.8 Å². The van der Waals surface area contributed by atoms with E-state index in [1.165, 1.54) is 11.8 Å². The summed E-state index contributed by atoms with van der Waals surface area (Å²) in [6, 6.07) is 21.2. The molecule has 4 rings (SSSR count). The fourth-order valence-corrected chi connectivity index (χ4v) is 4.66. The Morgan fingerprint density at radius 1 is 0.950 bits per heavy atom. The smallest absolute Gasteiger partial charge is 0.316 e. The number of fused-ring (bicyclic) bond motifs is 3. The number of hydrogen-bond acceptors (Lipinski definition) is 11. The fourth-order valence-electron chi connectivity index (χ4n) is 4.09. The number of nitrogens with zero attached hydrogens (tertiary/aromatic N) is 1. The van der Waals surface area contributed by atoms with Gasteiger partial charge in [-0.25, -0.2) is 4.84 Å². The molecule has 0 aliphatic carbocycles. The molecule has 40 heavy (non-hydrogen) atoms. The van der Waals surface area contributed by atoms with Crippen LogP contribution in [0.25, 0.3) is 21.8 Å². The molecule has 1 aromatic heterocycles. The van der Waals surface area contributed by atoms with E-state index in [2.05, 4.69) is 15.1 Å². The van der Waals surface area contributed by atoms with Gasteiger partial charge in [0.15, 0.2) is 11.5 Å². The van der Waals surface area contributed by atoms with Crippen molar-refractivity contribution in [3.05, 3.63) is 66.7 Å². The van der Waals surface area contributed by atoms with Crippen LogP contribution in [0, 0.1) is 0 Å². The maximum atomic E-state index is 12.5. The van der Waals surface area contributed by atoms with E-state index in [-0.39, 0.29) is 24.4 Å². The molecule has 3 aromatic carbocycles. The van der Waals surface area contributed by atoms with Crippen LogP contribution in [-0.2, 0) is 14.4 Å². The van der Waals surface area contributed by atoms with Crippen molar-refractivity contribution in [3.8, 4) is 17.2 Å². The van der Waals surface area contributed by atoms with Gasteiger partial charge in [-0.3, -0.25) is 15.2 Å². The van der Waals surface area contributed by atoms with E-state index in [1.54, 1.807) is 7.11 Å². The molecule has 1 heterocycles. The number of carbonyl (C=O) groups excluding carboxylic acids is 1. The lowest BCUT2D eigenvalue weighted by atomic mass is 10.1. The predicted octanol–water partition coefficient (Wildman–Crippen LogP) is 4.03. The summed E-state index contributed by atoms with van der Waals surface area (Å²) in [6.07, 6.45) is -0.568. The van der Waals surface area contributed by atoms with E-state index in [0.717, 1.165) is 21.8 Å². The minimum absolute atomic E-state index is 0.0276. The molecular weight excluding hydrogens is 538 g/mol. The molecule has 0 aliphatic rings. The van der Waals surface area contributed by atoms with Gasteiger partial charge in [-0.2, -0.15) is 0 Å². The molecular formula is C28H33N3O8S. The molecule has 0 spiro atoms. The lowest BCUT2D eigenvalue weighted by Crippen LogP contribution is -2.37. The summed E-state index contributed by atoms with van der Waals surface area (Å²) in [5, 5.41) is 22.1. The molecule has 0 fully saturated rings. The van der Waals surface area contributed by atoms with Crippen LogP contribution in [0.3, 0.4) is 0 Å². The van der Waals surface area contributed by atoms with Crippen LogP contribution in [0.1, 0.15) is 0 Å². The Morgan fingerprint density at radius 3 is 2.52 bits per heavy atom. The third-order valence-electron chi connectivity index (χ3n) is 5.85. The Balaban J connectivity index is 1.34. The first kappa shape index (κ1) is 29.5. The number of para-hydroxylation sites is 3. The van der Waals surface area contributed by atoms with Crippen molar-refractivity contribution < 1.29 is 39.0 Å². The van der Waals surface area contributed by atoms with Gasteiger partial charge in [0.25, 0.3) is 0 Å². The molecule has 214 valence electrons. The van der Waals surface area contributed by atoms with Gasteiger partial charge in [0.1, 0.15) is 25.1 Å². The lowest BCUT2D eigenvalue weighted by Gasteiger charge is -2.20. The summed E-state index contributed by atoms with van der Waals surface area (Å²) >= 11 is 1.25. The predicted molar refractivity (Wildman–Crippen MR) is 151 cm³/mol. The third kappa shape index (κ3) is 8.49. The minimum Gasteiger partial charge on any atom is -0.493 e.